The quantitative estimate of drug-likeness (QED) is 0.174. The highest BCUT2D eigenvalue weighted by Gasteiger charge is 2.15. The Kier molecular flexibility index (Phi) is 11.1. The zero-order chi connectivity index (χ0) is 25.8. The molecule has 0 aliphatic carbocycles. The molecule has 192 valence electrons. The summed E-state index contributed by atoms with van der Waals surface area (Å²) in [5.41, 5.74) is 1.83. The number of rotatable bonds is 14. The first-order chi connectivity index (χ1) is 17.5. The first-order valence-corrected chi connectivity index (χ1v) is 13.4. The van der Waals surface area contributed by atoms with E-state index >= 15 is 0 Å². The van der Waals surface area contributed by atoms with E-state index < -0.39 is 0 Å². The summed E-state index contributed by atoms with van der Waals surface area (Å²) in [5.74, 6) is 0.166. The molecular weight excluding hydrogens is 477 g/mol. The van der Waals surface area contributed by atoms with Gasteiger partial charge in [-0.05, 0) is 29.7 Å². The highest BCUT2D eigenvalue weighted by atomic mass is 32.2. The molecule has 3 aromatic rings. The van der Waals surface area contributed by atoms with Gasteiger partial charge in [-0.2, -0.15) is 4.98 Å². The summed E-state index contributed by atoms with van der Waals surface area (Å²) in [6.45, 7) is 2.98. The van der Waals surface area contributed by atoms with Crippen LogP contribution in [0.15, 0.2) is 59.1 Å². The zero-order valence-electron chi connectivity index (χ0n) is 21.0. The second-order valence-electron chi connectivity index (χ2n) is 8.90. The van der Waals surface area contributed by atoms with Gasteiger partial charge in [0.15, 0.2) is 5.16 Å². The standard InChI is InChI=1S/C27H34FN5O2S/c1-3-4-5-6-7-8-13-32(2)25(34)18-33-17-23(14-22-15-29-20-30-16-22)26(35)31-27(33)36-19-21-9-11-24(28)12-10-21/h9-12,15-17,20H,3-8,13-14,18-19H2,1-2H3. The summed E-state index contributed by atoms with van der Waals surface area (Å²) >= 11 is 1.35. The normalized spacial score (nSPS) is 11.0. The molecule has 0 aliphatic heterocycles. The van der Waals surface area contributed by atoms with Crippen molar-refractivity contribution in [1.82, 2.24) is 24.4 Å². The van der Waals surface area contributed by atoms with Crippen molar-refractivity contribution in [3.8, 4) is 0 Å². The lowest BCUT2D eigenvalue weighted by atomic mass is 10.1. The summed E-state index contributed by atoms with van der Waals surface area (Å²) < 4.78 is 15.0. The lowest BCUT2D eigenvalue weighted by Crippen LogP contribution is -2.32. The molecule has 7 nitrogen and oxygen atoms in total. The molecule has 0 saturated heterocycles. The average molecular weight is 512 g/mol. The molecule has 0 unspecified atom stereocenters. The minimum atomic E-state index is -0.343. The minimum absolute atomic E-state index is 0.0355. The lowest BCUT2D eigenvalue weighted by molar-refractivity contribution is -0.130. The molecule has 1 amide bonds. The van der Waals surface area contributed by atoms with Gasteiger partial charge in [0.2, 0.25) is 5.91 Å². The van der Waals surface area contributed by atoms with Gasteiger partial charge in [0.1, 0.15) is 18.7 Å². The van der Waals surface area contributed by atoms with E-state index in [4.69, 9.17) is 0 Å². The van der Waals surface area contributed by atoms with E-state index in [2.05, 4.69) is 21.9 Å². The number of halogens is 1. The van der Waals surface area contributed by atoms with E-state index in [9.17, 15) is 14.0 Å². The Bertz CT molecular complexity index is 1160. The number of nitrogens with zero attached hydrogens (tertiary/aromatic N) is 5. The molecule has 0 fully saturated rings. The molecule has 0 spiro atoms. The summed E-state index contributed by atoms with van der Waals surface area (Å²) in [6.07, 6.45) is 13.8. The molecule has 9 heteroatoms. The molecule has 0 radical (unpaired) electrons. The molecule has 3 rings (SSSR count). The third-order valence-corrected chi connectivity index (χ3v) is 6.96. The molecule has 2 aromatic heterocycles. The van der Waals surface area contributed by atoms with Gasteiger partial charge in [0.05, 0.1) is 0 Å². The van der Waals surface area contributed by atoms with Crippen molar-refractivity contribution in [2.75, 3.05) is 13.6 Å². The Labute approximate surface area is 216 Å². The van der Waals surface area contributed by atoms with Gasteiger partial charge in [-0.1, -0.05) is 62.9 Å². The maximum atomic E-state index is 13.3. The third-order valence-electron chi connectivity index (χ3n) is 5.90. The van der Waals surface area contributed by atoms with Gasteiger partial charge in [-0.25, -0.2) is 14.4 Å². The highest BCUT2D eigenvalue weighted by Crippen LogP contribution is 2.21. The summed E-state index contributed by atoms with van der Waals surface area (Å²) in [7, 11) is 1.82. The Morgan fingerprint density at radius 3 is 2.44 bits per heavy atom. The number of benzene rings is 1. The van der Waals surface area contributed by atoms with E-state index in [1.165, 1.54) is 55.9 Å². The predicted molar refractivity (Wildman–Crippen MR) is 140 cm³/mol. The zero-order valence-corrected chi connectivity index (χ0v) is 21.8. The molecule has 0 bridgehead atoms. The van der Waals surface area contributed by atoms with E-state index in [0.29, 0.717) is 29.4 Å². The van der Waals surface area contributed by atoms with Gasteiger partial charge >= 0.3 is 0 Å². The van der Waals surface area contributed by atoms with Gasteiger partial charge in [0.25, 0.3) is 5.56 Å². The number of thioether (sulfide) groups is 1. The van der Waals surface area contributed by atoms with Crippen LogP contribution in [-0.2, 0) is 23.5 Å². The second-order valence-corrected chi connectivity index (χ2v) is 9.85. The van der Waals surface area contributed by atoms with Gasteiger partial charge in [-0.15, -0.1) is 0 Å². The van der Waals surface area contributed by atoms with E-state index in [1.54, 1.807) is 40.2 Å². The number of hydrogen-bond donors (Lipinski definition) is 0. The van der Waals surface area contributed by atoms with Crippen molar-refractivity contribution in [2.45, 2.75) is 69.3 Å². The molecule has 0 saturated carbocycles. The van der Waals surface area contributed by atoms with Gasteiger partial charge < -0.3 is 9.47 Å². The largest absolute Gasteiger partial charge is 0.344 e. The van der Waals surface area contributed by atoms with E-state index in [-0.39, 0.29) is 23.8 Å². The smallest absolute Gasteiger partial charge is 0.277 e. The number of carbonyl (C=O) groups excluding carboxylic acids is 1. The molecule has 1 aromatic carbocycles. The average Bonchev–Trinajstić information content (AvgIpc) is 2.88. The van der Waals surface area contributed by atoms with Gasteiger partial charge in [0, 0.05) is 49.9 Å². The third kappa shape index (κ3) is 8.86. The second kappa shape index (κ2) is 14.5. The maximum absolute atomic E-state index is 13.3. The molecule has 36 heavy (non-hydrogen) atoms. The molecule has 2 heterocycles. The number of aromatic nitrogens is 4. The van der Waals surface area contributed by atoms with Crippen LogP contribution in [0.25, 0.3) is 0 Å². The molecular formula is C27H34FN5O2S. The van der Waals surface area contributed by atoms with Crippen LogP contribution in [0.1, 0.15) is 62.1 Å². The van der Waals surface area contributed by atoms with Crippen LogP contribution in [-0.4, -0.2) is 43.9 Å². The van der Waals surface area contributed by atoms with Crippen molar-refractivity contribution in [3.63, 3.8) is 0 Å². The van der Waals surface area contributed by atoms with Crippen molar-refractivity contribution < 1.29 is 9.18 Å². The summed E-state index contributed by atoms with van der Waals surface area (Å²) in [5, 5.41) is 0.457. The first kappa shape index (κ1) is 27.5. The number of amides is 1. The monoisotopic (exact) mass is 511 g/mol. The van der Waals surface area contributed by atoms with Crippen molar-refractivity contribution in [3.05, 3.63) is 82.0 Å². The summed E-state index contributed by atoms with van der Waals surface area (Å²) in [4.78, 5) is 39.9. The lowest BCUT2D eigenvalue weighted by Gasteiger charge is -2.20. The number of likely N-dealkylation sites (N-methyl/N-ethyl adjacent to an activating group) is 1. The first-order valence-electron chi connectivity index (χ1n) is 12.4. The number of carbonyl (C=O) groups is 1. The van der Waals surface area contributed by atoms with Crippen LogP contribution >= 0.6 is 11.8 Å². The fourth-order valence-electron chi connectivity index (χ4n) is 3.76. The Balaban J connectivity index is 1.72. The Hall–Kier alpha value is -3.07. The predicted octanol–water partition coefficient (Wildman–Crippen LogP) is 4.87. The molecule has 0 atom stereocenters. The van der Waals surface area contributed by atoms with Gasteiger partial charge in [-0.3, -0.25) is 9.59 Å². The SMILES string of the molecule is CCCCCCCCN(C)C(=O)Cn1cc(Cc2cncnc2)c(=O)nc1SCc1ccc(F)cc1. The van der Waals surface area contributed by atoms with Crippen molar-refractivity contribution in [2.24, 2.45) is 0 Å². The van der Waals surface area contributed by atoms with Crippen LogP contribution < -0.4 is 5.56 Å². The van der Waals surface area contributed by atoms with Crippen LogP contribution in [0.2, 0.25) is 0 Å². The minimum Gasteiger partial charge on any atom is -0.344 e. The molecule has 0 N–H and O–H groups in total. The fraction of sp³-hybridized carbons (Fsp3) is 0.444. The van der Waals surface area contributed by atoms with Crippen LogP contribution in [0.4, 0.5) is 4.39 Å². The number of unbranched alkanes of at least 4 members (excludes halogenated alkanes) is 5. The van der Waals surface area contributed by atoms with E-state index in [0.717, 1.165) is 24.0 Å². The molecule has 0 aliphatic rings. The maximum Gasteiger partial charge on any atom is 0.277 e. The fourth-order valence-corrected chi connectivity index (χ4v) is 4.68. The van der Waals surface area contributed by atoms with Crippen LogP contribution in [0.5, 0.6) is 0 Å². The van der Waals surface area contributed by atoms with E-state index in [1.807, 2.05) is 7.05 Å². The van der Waals surface area contributed by atoms with Crippen LogP contribution in [0.3, 0.4) is 0 Å². The highest BCUT2D eigenvalue weighted by molar-refractivity contribution is 7.98. The van der Waals surface area contributed by atoms with Crippen molar-refractivity contribution >= 4 is 17.7 Å². The Morgan fingerprint density at radius 2 is 1.72 bits per heavy atom. The topological polar surface area (TPSA) is 81.0 Å². The Morgan fingerprint density at radius 1 is 1.03 bits per heavy atom. The summed E-state index contributed by atoms with van der Waals surface area (Å²) in [6, 6.07) is 6.21. The van der Waals surface area contributed by atoms with Crippen LogP contribution in [0, 0.1) is 5.82 Å². The van der Waals surface area contributed by atoms with Crippen molar-refractivity contribution in [1.29, 1.82) is 0 Å². The number of hydrogen-bond acceptors (Lipinski definition) is 6.